The Morgan fingerprint density at radius 1 is 1.12 bits per heavy atom. The lowest BCUT2D eigenvalue weighted by atomic mass is 10.2. The van der Waals surface area contributed by atoms with Gasteiger partial charge in [-0.15, -0.1) is 0 Å². The lowest BCUT2D eigenvalue weighted by molar-refractivity contribution is 0.408. The Bertz CT molecular complexity index is 437. The highest BCUT2D eigenvalue weighted by atomic mass is 35.5. The molecule has 0 saturated carbocycles. The van der Waals surface area contributed by atoms with E-state index in [2.05, 4.69) is 10.5 Å². The summed E-state index contributed by atoms with van der Waals surface area (Å²) < 4.78 is 4.72. The van der Waals surface area contributed by atoms with Crippen molar-refractivity contribution < 1.29 is 4.52 Å². The van der Waals surface area contributed by atoms with Gasteiger partial charge in [-0.1, -0.05) is 28.4 Å². The lowest BCUT2D eigenvalue weighted by Gasteiger charge is -2.04. The van der Waals surface area contributed by atoms with Gasteiger partial charge in [0.2, 0.25) is 0 Å². The summed E-state index contributed by atoms with van der Waals surface area (Å²) in [5.74, 6) is 0. The molecule has 3 nitrogen and oxygen atoms in total. The lowest BCUT2D eigenvalue weighted by Crippen LogP contribution is -2.12. The van der Waals surface area contributed by atoms with Gasteiger partial charge in [0, 0.05) is 29.2 Å². The predicted molar refractivity (Wildman–Crippen MR) is 63.5 cm³/mol. The predicted octanol–water partition coefficient (Wildman–Crippen LogP) is 3.27. The summed E-state index contributed by atoms with van der Waals surface area (Å²) in [7, 11) is 0. The van der Waals surface area contributed by atoms with Crippen molar-refractivity contribution >= 4 is 23.2 Å². The Labute approximate surface area is 103 Å². The summed E-state index contributed by atoms with van der Waals surface area (Å²) in [6.07, 6.45) is 1.55. The zero-order valence-corrected chi connectivity index (χ0v) is 9.92. The van der Waals surface area contributed by atoms with Crippen molar-refractivity contribution in [3.63, 3.8) is 0 Å². The number of nitrogens with zero attached hydrogens (tertiary/aromatic N) is 1. The van der Waals surface area contributed by atoms with Gasteiger partial charge < -0.3 is 9.84 Å². The average Bonchev–Trinajstić information content (AvgIpc) is 2.69. The van der Waals surface area contributed by atoms with Crippen LogP contribution in [0.1, 0.15) is 11.3 Å². The molecule has 1 aromatic carbocycles. The van der Waals surface area contributed by atoms with Crippen molar-refractivity contribution in [2.75, 3.05) is 0 Å². The largest absolute Gasteiger partial charge is 0.364 e. The number of aromatic nitrogens is 1. The fraction of sp³-hybridized carbons (Fsp3) is 0.182. The van der Waals surface area contributed by atoms with Crippen molar-refractivity contribution in [2.24, 2.45) is 0 Å². The molecule has 0 aliphatic heterocycles. The van der Waals surface area contributed by atoms with Crippen LogP contribution in [0.4, 0.5) is 0 Å². The fourth-order valence-electron chi connectivity index (χ4n) is 1.38. The first-order valence-electron chi connectivity index (χ1n) is 4.79. The molecule has 0 bridgehead atoms. The van der Waals surface area contributed by atoms with E-state index in [1.54, 1.807) is 12.3 Å². The SMILES string of the molecule is Clc1cc(Cl)cc(CNCc2ccon2)c1. The van der Waals surface area contributed by atoms with Crippen molar-refractivity contribution in [3.05, 3.63) is 51.8 Å². The normalized spacial score (nSPS) is 10.6. The van der Waals surface area contributed by atoms with Crippen LogP contribution in [0.15, 0.2) is 35.1 Å². The maximum atomic E-state index is 5.89. The van der Waals surface area contributed by atoms with E-state index >= 15 is 0 Å². The molecular weight excluding hydrogens is 247 g/mol. The molecule has 0 spiro atoms. The van der Waals surface area contributed by atoms with Crippen LogP contribution >= 0.6 is 23.2 Å². The van der Waals surface area contributed by atoms with Crippen LogP contribution < -0.4 is 5.32 Å². The van der Waals surface area contributed by atoms with E-state index in [0.717, 1.165) is 11.3 Å². The van der Waals surface area contributed by atoms with Gasteiger partial charge in [0.15, 0.2) is 0 Å². The molecule has 0 atom stereocenters. The highest BCUT2D eigenvalue weighted by Gasteiger charge is 1.99. The molecule has 1 aromatic heterocycles. The number of nitrogens with one attached hydrogen (secondary N) is 1. The van der Waals surface area contributed by atoms with Crippen molar-refractivity contribution in [2.45, 2.75) is 13.1 Å². The van der Waals surface area contributed by atoms with Gasteiger partial charge in [0.05, 0.1) is 5.69 Å². The van der Waals surface area contributed by atoms with Crippen LogP contribution in [0, 0.1) is 0 Å². The molecule has 0 saturated heterocycles. The van der Waals surface area contributed by atoms with Gasteiger partial charge in [0.1, 0.15) is 6.26 Å². The van der Waals surface area contributed by atoms with E-state index in [1.807, 2.05) is 18.2 Å². The maximum absolute atomic E-state index is 5.89. The molecule has 2 rings (SSSR count). The van der Waals surface area contributed by atoms with E-state index < -0.39 is 0 Å². The van der Waals surface area contributed by atoms with E-state index in [0.29, 0.717) is 23.1 Å². The topological polar surface area (TPSA) is 38.1 Å². The smallest absolute Gasteiger partial charge is 0.124 e. The van der Waals surface area contributed by atoms with Crippen LogP contribution in [0.3, 0.4) is 0 Å². The van der Waals surface area contributed by atoms with E-state index in [-0.39, 0.29) is 0 Å². The van der Waals surface area contributed by atoms with Gasteiger partial charge in [0.25, 0.3) is 0 Å². The summed E-state index contributed by atoms with van der Waals surface area (Å²) >= 11 is 11.8. The Morgan fingerprint density at radius 3 is 2.50 bits per heavy atom. The first-order valence-corrected chi connectivity index (χ1v) is 5.54. The quantitative estimate of drug-likeness (QED) is 0.913. The molecule has 0 radical (unpaired) electrons. The molecule has 0 amide bonds. The molecule has 0 fully saturated rings. The third kappa shape index (κ3) is 3.23. The summed E-state index contributed by atoms with van der Waals surface area (Å²) in [5, 5.41) is 8.30. The Hall–Kier alpha value is -1.03. The first-order chi connectivity index (χ1) is 7.74. The van der Waals surface area contributed by atoms with Crippen LogP contribution in [0.25, 0.3) is 0 Å². The summed E-state index contributed by atoms with van der Waals surface area (Å²) in [5.41, 5.74) is 1.91. The maximum Gasteiger partial charge on any atom is 0.124 e. The van der Waals surface area contributed by atoms with Crippen molar-refractivity contribution in [3.8, 4) is 0 Å². The first kappa shape index (κ1) is 11.5. The number of rotatable bonds is 4. The molecule has 1 heterocycles. The molecular formula is C11H10Cl2N2O. The molecule has 84 valence electrons. The molecule has 2 aromatic rings. The third-order valence-electron chi connectivity index (χ3n) is 2.05. The third-order valence-corrected chi connectivity index (χ3v) is 2.49. The van der Waals surface area contributed by atoms with Crippen molar-refractivity contribution in [1.82, 2.24) is 10.5 Å². The highest BCUT2D eigenvalue weighted by Crippen LogP contribution is 2.18. The molecule has 16 heavy (non-hydrogen) atoms. The van der Waals surface area contributed by atoms with Gasteiger partial charge in [-0.3, -0.25) is 0 Å². The highest BCUT2D eigenvalue weighted by molar-refractivity contribution is 6.34. The summed E-state index contributed by atoms with van der Waals surface area (Å²) in [4.78, 5) is 0. The van der Waals surface area contributed by atoms with Gasteiger partial charge in [-0.25, -0.2) is 0 Å². The standard InChI is InChI=1S/C11H10Cl2N2O/c12-9-3-8(4-10(13)5-9)6-14-7-11-1-2-16-15-11/h1-5,14H,6-7H2. The Morgan fingerprint density at radius 2 is 1.88 bits per heavy atom. The minimum absolute atomic E-state index is 0.644. The second-order valence-electron chi connectivity index (χ2n) is 3.37. The Kier molecular flexibility index (Phi) is 3.83. The van der Waals surface area contributed by atoms with Crippen LogP contribution in [0.5, 0.6) is 0 Å². The van der Waals surface area contributed by atoms with Gasteiger partial charge >= 0.3 is 0 Å². The second-order valence-corrected chi connectivity index (χ2v) is 4.24. The number of halogens is 2. The number of benzene rings is 1. The minimum atomic E-state index is 0.644. The van der Waals surface area contributed by atoms with Gasteiger partial charge in [-0.05, 0) is 23.8 Å². The number of hydrogen-bond donors (Lipinski definition) is 1. The molecule has 0 aliphatic carbocycles. The van der Waals surface area contributed by atoms with E-state index in [4.69, 9.17) is 27.7 Å². The van der Waals surface area contributed by atoms with Crippen LogP contribution in [-0.2, 0) is 13.1 Å². The number of hydrogen-bond acceptors (Lipinski definition) is 3. The van der Waals surface area contributed by atoms with Gasteiger partial charge in [-0.2, -0.15) is 0 Å². The summed E-state index contributed by atoms with van der Waals surface area (Å²) in [6, 6.07) is 7.29. The zero-order chi connectivity index (χ0) is 11.4. The zero-order valence-electron chi connectivity index (χ0n) is 8.41. The van der Waals surface area contributed by atoms with Crippen LogP contribution in [0.2, 0.25) is 10.0 Å². The molecule has 5 heteroatoms. The molecule has 0 unspecified atom stereocenters. The van der Waals surface area contributed by atoms with Crippen molar-refractivity contribution in [1.29, 1.82) is 0 Å². The second kappa shape index (κ2) is 5.34. The average molecular weight is 257 g/mol. The minimum Gasteiger partial charge on any atom is -0.364 e. The van der Waals surface area contributed by atoms with E-state index in [9.17, 15) is 0 Å². The Balaban J connectivity index is 1.89. The van der Waals surface area contributed by atoms with E-state index in [1.165, 1.54) is 0 Å². The molecule has 0 aliphatic rings. The fourth-order valence-corrected chi connectivity index (χ4v) is 1.95. The monoisotopic (exact) mass is 256 g/mol. The van der Waals surface area contributed by atoms with Crippen LogP contribution in [-0.4, -0.2) is 5.16 Å². The molecule has 1 N–H and O–H groups in total. The summed E-state index contributed by atoms with van der Waals surface area (Å²) in [6.45, 7) is 1.34.